The molecule has 2 fully saturated rings. The summed E-state index contributed by atoms with van der Waals surface area (Å²) in [5.74, 6) is 2.37. The molecule has 2 aliphatic rings. The van der Waals surface area contributed by atoms with Crippen molar-refractivity contribution in [3.63, 3.8) is 0 Å². The lowest BCUT2D eigenvalue weighted by Gasteiger charge is -2.29. The number of rotatable bonds is 6. The molecule has 0 saturated carbocycles. The number of amides is 1. The summed E-state index contributed by atoms with van der Waals surface area (Å²) in [7, 11) is -1.37. The van der Waals surface area contributed by atoms with Gasteiger partial charge < -0.3 is 19.1 Å². The molecule has 2 aliphatic heterocycles. The average molecular weight is 476 g/mol. The number of piperidine rings is 1. The van der Waals surface area contributed by atoms with Crippen molar-refractivity contribution in [3.8, 4) is 11.9 Å². The topological polar surface area (TPSA) is 100 Å². The Morgan fingerprint density at radius 1 is 1.44 bits per heavy atom. The van der Waals surface area contributed by atoms with Gasteiger partial charge in [-0.2, -0.15) is 5.26 Å². The number of hydrogen-bond donors (Lipinski definition) is 1. The predicted molar refractivity (Wildman–Crippen MR) is 125 cm³/mol. The van der Waals surface area contributed by atoms with Crippen molar-refractivity contribution in [1.29, 1.82) is 5.26 Å². The second-order valence-corrected chi connectivity index (χ2v) is 11.8. The first-order valence-corrected chi connectivity index (χ1v) is 13.2. The van der Waals surface area contributed by atoms with Crippen LogP contribution in [-0.4, -0.2) is 58.4 Å². The summed E-state index contributed by atoms with van der Waals surface area (Å²) < 4.78 is 11.6. The van der Waals surface area contributed by atoms with Gasteiger partial charge in [0.25, 0.3) is 0 Å². The Hall–Kier alpha value is -2.54. The highest BCUT2D eigenvalue weighted by Crippen LogP contribution is 2.50. The number of nitriles is 1. The Labute approximate surface area is 194 Å². The maximum atomic E-state index is 12.5. The molecule has 0 radical (unpaired) electrons. The molecule has 1 N–H and O–H groups in total. The maximum absolute atomic E-state index is 12.5. The first-order valence-electron chi connectivity index (χ1n) is 10.5. The molecule has 2 aromatic rings. The monoisotopic (exact) mass is 475 g/mol. The first-order chi connectivity index (χ1) is 15.4. The molecular formula is C22H26ClN5O3S. The summed E-state index contributed by atoms with van der Waals surface area (Å²) in [6, 6.07) is 5.53. The van der Waals surface area contributed by atoms with Gasteiger partial charge >= 0.3 is 0 Å². The number of nitrogens with one attached hydrogen (secondary N) is 1. The number of likely N-dealkylation sites (tertiary alicyclic amines) is 1. The largest absolute Gasteiger partial charge is 0.445 e. The molecule has 2 unspecified atom stereocenters. The van der Waals surface area contributed by atoms with Gasteiger partial charge in [0.1, 0.15) is 16.8 Å². The van der Waals surface area contributed by atoms with Crippen LogP contribution in [0.25, 0.3) is 0 Å². The normalized spacial score (nSPS) is 24.9. The smallest absolute Gasteiger partial charge is 0.230 e. The zero-order valence-electron chi connectivity index (χ0n) is 17.9. The third-order valence-electron chi connectivity index (χ3n) is 5.56. The number of nitrogens with zero attached hydrogens (tertiary/aromatic N) is 4. The Morgan fingerprint density at radius 2 is 2.31 bits per heavy atom. The van der Waals surface area contributed by atoms with Gasteiger partial charge in [-0.15, -0.1) is 0 Å². The van der Waals surface area contributed by atoms with Crippen molar-refractivity contribution in [3.05, 3.63) is 46.9 Å². The number of anilines is 1. The Balaban J connectivity index is 1.35. The van der Waals surface area contributed by atoms with Gasteiger partial charge in [-0.05, 0) is 30.7 Å². The Morgan fingerprint density at radius 3 is 3.03 bits per heavy atom. The van der Waals surface area contributed by atoms with Crippen LogP contribution in [0.4, 0.5) is 5.82 Å². The number of aromatic nitrogens is 2. The molecule has 0 bridgehead atoms. The highest BCUT2D eigenvalue weighted by atomic mass is 35.5. The SMILES string of the molecule is CS1(Oc2cc(NC(=O)Cc3ccc(C4CCCN(C#N)C4)nc3)ncc2Cl)CCOC1. The number of carbonyl (C=O) groups excluding carboxylic acids is 1. The van der Waals surface area contributed by atoms with Gasteiger partial charge in [0.2, 0.25) is 5.91 Å². The van der Waals surface area contributed by atoms with Crippen LogP contribution in [-0.2, 0) is 16.0 Å². The van der Waals surface area contributed by atoms with Gasteiger partial charge in [0.05, 0.1) is 19.2 Å². The molecule has 2 saturated heterocycles. The molecule has 2 atom stereocenters. The highest BCUT2D eigenvalue weighted by Gasteiger charge is 2.27. The summed E-state index contributed by atoms with van der Waals surface area (Å²) in [6.45, 7) is 2.19. The maximum Gasteiger partial charge on any atom is 0.230 e. The molecule has 32 heavy (non-hydrogen) atoms. The zero-order chi connectivity index (χ0) is 22.6. The van der Waals surface area contributed by atoms with Crippen LogP contribution in [0, 0.1) is 11.5 Å². The molecule has 2 aromatic heterocycles. The van der Waals surface area contributed by atoms with Crippen LogP contribution in [0.1, 0.15) is 30.0 Å². The zero-order valence-corrected chi connectivity index (χ0v) is 19.5. The molecule has 4 heterocycles. The van der Waals surface area contributed by atoms with E-state index in [1.165, 1.54) is 6.20 Å². The lowest BCUT2D eigenvalue weighted by atomic mass is 9.94. The summed E-state index contributed by atoms with van der Waals surface area (Å²) in [5.41, 5.74) is 1.77. The molecule has 4 rings (SSSR count). The van der Waals surface area contributed by atoms with E-state index in [9.17, 15) is 4.79 Å². The van der Waals surface area contributed by atoms with E-state index in [4.69, 9.17) is 25.8 Å². The predicted octanol–water partition coefficient (Wildman–Crippen LogP) is 3.69. The minimum atomic E-state index is -1.37. The highest BCUT2D eigenvalue weighted by molar-refractivity contribution is 8.29. The molecule has 8 nitrogen and oxygen atoms in total. The molecular weight excluding hydrogens is 450 g/mol. The molecule has 10 heteroatoms. The van der Waals surface area contributed by atoms with Crippen LogP contribution in [0.15, 0.2) is 30.6 Å². The Kier molecular flexibility index (Phi) is 7.04. The minimum Gasteiger partial charge on any atom is -0.445 e. The number of ether oxygens (including phenoxy) is 1. The summed E-state index contributed by atoms with van der Waals surface area (Å²) in [5, 5.41) is 12.3. The van der Waals surface area contributed by atoms with E-state index in [2.05, 4.69) is 27.7 Å². The van der Waals surface area contributed by atoms with E-state index in [1.54, 1.807) is 17.2 Å². The van der Waals surface area contributed by atoms with Crippen LogP contribution in [0.5, 0.6) is 5.75 Å². The molecule has 0 spiro atoms. The number of halogens is 1. The van der Waals surface area contributed by atoms with Gasteiger partial charge in [-0.3, -0.25) is 9.78 Å². The van der Waals surface area contributed by atoms with Gasteiger partial charge in [-0.1, -0.05) is 28.0 Å². The van der Waals surface area contributed by atoms with Crippen molar-refractivity contribution >= 4 is 33.6 Å². The quantitative estimate of drug-likeness (QED) is 0.636. The molecule has 0 aliphatic carbocycles. The summed E-state index contributed by atoms with van der Waals surface area (Å²) >= 11 is 6.24. The van der Waals surface area contributed by atoms with Crippen LogP contribution >= 0.6 is 21.9 Å². The fourth-order valence-corrected chi connectivity index (χ4v) is 5.78. The van der Waals surface area contributed by atoms with Crippen molar-refractivity contribution < 1.29 is 13.7 Å². The third kappa shape index (κ3) is 5.63. The molecule has 0 aromatic carbocycles. The van der Waals surface area contributed by atoms with Crippen LogP contribution in [0.2, 0.25) is 5.02 Å². The molecule has 170 valence electrons. The lowest BCUT2D eigenvalue weighted by Crippen LogP contribution is -2.30. The minimum absolute atomic E-state index is 0.180. The average Bonchev–Trinajstić information content (AvgIpc) is 3.22. The summed E-state index contributed by atoms with van der Waals surface area (Å²) in [6.07, 6.45) is 9.67. The fourth-order valence-electron chi connectivity index (χ4n) is 3.83. The van der Waals surface area contributed by atoms with E-state index in [0.717, 1.165) is 36.4 Å². The van der Waals surface area contributed by atoms with E-state index in [-0.39, 0.29) is 18.2 Å². The van der Waals surface area contributed by atoms with Crippen molar-refractivity contribution in [2.45, 2.75) is 25.2 Å². The van der Waals surface area contributed by atoms with Gasteiger partial charge in [0.15, 0.2) is 11.9 Å². The third-order valence-corrected chi connectivity index (χ3v) is 8.13. The van der Waals surface area contributed by atoms with E-state index in [1.807, 2.05) is 12.1 Å². The van der Waals surface area contributed by atoms with Crippen LogP contribution in [0.3, 0.4) is 0 Å². The summed E-state index contributed by atoms with van der Waals surface area (Å²) in [4.78, 5) is 23.1. The van der Waals surface area contributed by atoms with E-state index < -0.39 is 10.3 Å². The lowest BCUT2D eigenvalue weighted by molar-refractivity contribution is -0.115. The standard InChI is InChI=1S/C22H26ClN5O3S/c1-32(8-7-30-15-32)31-20-10-21(26-12-18(20)23)27-22(29)9-16-4-5-19(25-11-16)17-3-2-6-28(13-17)14-24/h4-5,10-12,17H,2-3,6-9,13,15H2,1H3,(H,26,27,29). The Bertz CT molecular complexity index is 1010. The number of hydrogen-bond acceptors (Lipinski definition) is 7. The van der Waals surface area contributed by atoms with Crippen molar-refractivity contribution in [2.24, 2.45) is 0 Å². The fraction of sp³-hybridized carbons (Fsp3) is 0.455. The number of pyridine rings is 2. The second kappa shape index (κ2) is 9.94. The molecule has 1 amide bonds. The number of carbonyl (C=O) groups is 1. The van der Waals surface area contributed by atoms with Gasteiger partial charge in [-0.25, -0.2) is 4.98 Å². The van der Waals surface area contributed by atoms with E-state index >= 15 is 0 Å². The first kappa shape index (κ1) is 22.6. The van der Waals surface area contributed by atoms with Gasteiger partial charge in [0, 0.05) is 42.7 Å². The van der Waals surface area contributed by atoms with Crippen molar-refractivity contribution in [1.82, 2.24) is 14.9 Å². The van der Waals surface area contributed by atoms with Crippen LogP contribution < -0.4 is 9.50 Å². The second-order valence-electron chi connectivity index (χ2n) is 8.20. The van der Waals surface area contributed by atoms with Crippen molar-refractivity contribution in [2.75, 3.05) is 43.0 Å². The van der Waals surface area contributed by atoms with E-state index in [0.29, 0.717) is 35.7 Å².